The Balaban J connectivity index is 1.27. The van der Waals surface area contributed by atoms with E-state index >= 15 is 0 Å². The van der Waals surface area contributed by atoms with Gasteiger partial charge in [0.25, 0.3) is 14.1 Å². The van der Waals surface area contributed by atoms with Crippen molar-refractivity contribution in [2.24, 2.45) is 4.99 Å². The maximum absolute atomic E-state index is 12.7. The van der Waals surface area contributed by atoms with Gasteiger partial charge in [0.05, 0.1) is 25.1 Å². The Morgan fingerprint density at radius 1 is 1.32 bits per heavy atom. The molecule has 0 radical (unpaired) electrons. The predicted octanol–water partition coefficient (Wildman–Crippen LogP) is 4.34. The van der Waals surface area contributed by atoms with E-state index in [0.717, 1.165) is 25.9 Å². The van der Waals surface area contributed by atoms with Gasteiger partial charge in [0.1, 0.15) is 12.1 Å². The van der Waals surface area contributed by atoms with Gasteiger partial charge in [-0.3, -0.25) is 19.1 Å². The molecule has 2 aromatic heterocycles. The molecular formula is C27H36N7O5PS. The number of nitrogens with one attached hydrogen (secondary N) is 1. The maximum atomic E-state index is 12.7. The summed E-state index contributed by atoms with van der Waals surface area (Å²) in [5.41, 5.74) is 0.832. The zero-order valence-electron chi connectivity index (χ0n) is 24.4. The van der Waals surface area contributed by atoms with E-state index in [1.807, 2.05) is 56.3 Å². The summed E-state index contributed by atoms with van der Waals surface area (Å²) < 4.78 is 31.1. The summed E-state index contributed by atoms with van der Waals surface area (Å²) in [5.74, 6) is 1.37. The number of carbonyl (C=O) groups excluding carboxylic acids is 1. The van der Waals surface area contributed by atoms with Gasteiger partial charge in [-0.25, -0.2) is 14.6 Å². The topological polar surface area (TPSA) is 127 Å². The number of hydrogen-bond acceptors (Lipinski definition) is 10. The van der Waals surface area contributed by atoms with Crippen molar-refractivity contribution in [2.45, 2.75) is 51.5 Å². The smallest absolute Gasteiger partial charge is 0.280 e. The number of amidine groups is 1. The average Bonchev–Trinajstić information content (AvgIpc) is 3.75. The lowest BCUT2D eigenvalue weighted by Crippen LogP contribution is -2.25. The molecule has 4 heterocycles. The molecule has 41 heavy (non-hydrogen) atoms. The highest BCUT2D eigenvalue weighted by atomic mass is 32.2. The Labute approximate surface area is 245 Å². The molecule has 2 fully saturated rings. The lowest BCUT2D eigenvalue weighted by Gasteiger charge is -2.28. The molecule has 1 aromatic carbocycles. The van der Waals surface area contributed by atoms with Crippen LogP contribution in [0.2, 0.25) is 0 Å². The summed E-state index contributed by atoms with van der Waals surface area (Å²) in [6, 6.07) is 9.20. The monoisotopic (exact) mass is 602 g/mol. The third-order valence-electron chi connectivity index (χ3n) is 6.89. The van der Waals surface area contributed by atoms with Crippen molar-refractivity contribution in [3.63, 3.8) is 0 Å². The van der Waals surface area contributed by atoms with Crippen molar-refractivity contribution < 1.29 is 19.9 Å². The lowest BCUT2D eigenvalue weighted by molar-refractivity contribution is -0.00405. The second-order valence-corrected chi connectivity index (χ2v) is 12.6. The van der Waals surface area contributed by atoms with Crippen LogP contribution in [0, 0.1) is 0 Å². The zero-order chi connectivity index (χ0) is 29.6. The zero-order valence-corrected chi connectivity index (χ0v) is 25.1. The number of hydrogen-bond donors (Lipinski definition) is 1. The number of thioether (sulfide) groups is 1. The molecule has 0 saturated carbocycles. The van der Waals surface area contributed by atoms with Crippen LogP contribution >= 0.6 is 20.3 Å². The van der Waals surface area contributed by atoms with Gasteiger partial charge in [-0.15, -0.1) is 0 Å². The van der Waals surface area contributed by atoms with Gasteiger partial charge in [0, 0.05) is 46.3 Å². The molecule has 0 amide bonds. The van der Waals surface area contributed by atoms with Crippen LogP contribution in [0.4, 0.5) is 5.95 Å². The predicted molar refractivity (Wildman–Crippen MR) is 161 cm³/mol. The van der Waals surface area contributed by atoms with Crippen molar-refractivity contribution in [3.8, 4) is 0 Å². The minimum atomic E-state index is -1.40. The van der Waals surface area contributed by atoms with Gasteiger partial charge in [0.15, 0.2) is 11.2 Å². The normalized spacial score (nSPS) is 22.8. The minimum Gasteiger partial charge on any atom is -0.366 e. The molecule has 5 rings (SSSR count). The summed E-state index contributed by atoms with van der Waals surface area (Å²) in [7, 11) is 2.32. The number of carbonyl (C=O) groups is 1. The molecular weight excluding hydrogens is 565 g/mol. The molecule has 12 nitrogen and oxygen atoms in total. The first-order chi connectivity index (χ1) is 20.3. The van der Waals surface area contributed by atoms with Gasteiger partial charge >= 0.3 is 0 Å². The molecule has 0 bridgehead atoms. The SMILES string of the molecule is [2H]C[C@H]1O[C@@H](n2cnc3c(=O)[nH]c(/N=C(\C)N(C)C)nc32)CC1OP(OCCSC(=O)c1ccccc1)N1CCCC1. The van der Waals surface area contributed by atoms with Crippen LogP contribution in [-0.4, -0.2) is 91.8 Å². The quantitative estimate of drug-likeness (QED) is 0.155. The van der Waals surface area contributed by atoms with Gasteiger partial charge in [-0.05, 0) is 26.7 Å². The molecule has 14 heteroatoms. The van der Waals surface area contributed by atoms with E-state index in [-0.39, 0.29) is 29.0 Å². The maximum Gasteiger partial charge on any atom is 0.280 e. The number of fused-ring (bicyclic) bond motifs is 1. The molecule has 220 valence electrons. The Kier molecular flexibility index (Phi) is 9.39. The minimum absolute atomic E-state index is 0.00395. The molecule has 2 unspecified atom stereocenters. The highest BCUT2D eigenvalue weighted by Gasteiger charge is 2.39. The Morgan fingerprint density at radius 3 is 2.83 bits per heavy atom. The number of aromatic amines is 1. The van der Waals surface area contributed by atoms with Crippen LogP contribution in [0.5, 0.6) is 0 Å². The third-order valence-corrected chi connectivity index (χ3v) is 9.48. The summed E-state index contributed by atoms with van der Waals surface area (Å²) in [4.78, 5) is 42.9. The molecule has 0 aliphatic carbocycles. The van der Waals surface area contributed by atoms with Crippen LogP contribution < -0.4 is 5.56 Å². The fourth-order valence-electron chi connectivity index (χ4n) is 4.48. The van der Waals surface area contributed by atoms with Crippen LogP contribution in [0.1, 0.15) is 51.0 Å². The third kappa shape index (κ3) is 7.22. The number of aromatic nitrogens is 4. The second kappa shape index (κ2) is 13.5. The van der Waals surface area contributed by atoms with Crippen molar-refractivity contribution in [2.75, 3.05) is 39.5 Å². The first kappa shape index (κ1) is 28.4. The number of H-pyrrole nitrogens is 1. The summed E-state index contributed by atoms with van der Waals surface area (Å²) in [6.07, 6.45) is 2.70. The first-order valence-corrected chi connectivity index (χ1v) is 15.7. The fraction of sp³-hybridized carbons (Fsp3) is 0.519. The number of nitrogens with zero attached hydrogens (tertiary/aromatic N) is 6. The molecule has 1 N–H and O–H groups in total. The Morgan fingerprint density at radius 2 is 2.10 bits per heavy atom. The molecule has 0 spiro atoms. The number of benzene rings is 1. The largest absolute Gasteiger partial charge is 0.366 e. The highest BCUT2D eigenvalue weighted by Crippen LogP contribution is 2.49. The van der Waals surface area contributed by atoms with Crippen molar-refractivity contribution in [1.29, 1.82) is 0 Å². The van der Waals surface area contributed by atoms with Gasteiger partial charge in [-0.2, -0.15) is 4.98 Å². The van der Waals surface area contributed by atoms with E-state index in [2.05, 4.69) is 24.6 Å². The Bertz CT molecular complexity index is 1450. The van der Waals surface area contributed by atoms with E-state index in [4.69, 9.17) is 15.2 Å². The second-order valence-electron chi connectivity index (χ2n) is 10.0. The van der Waals surface area contributed by atoms with Crippen molar-refractivity contribution in [1.82, 2.24) is 29.1 Å². The highest BCUT2D eigenvalue weighted by molar-refractivity contribution is 8.14. The molecule has 3 aromatic rings. The van der Waals surface area contributed by atoms with E-state index in [0.29, 0.717) is 35.8 Å². The number of aliphatic imine (C=N–C) groups is 1. The van der Waals surface area contributed by atoms with E-state index < -0.39 is 27.0 Å². The summed E-state index contributed by atoms with van der Waals surface area (Å²) >= 11 is 1.23. The van der Waals surface area contributed by atoms with Crippen molar-refractivity contribution >= 4 is 48.4 Å². The molecule has 4 atom stereocenters. The van der Waals surface area contributed by atoms with E-state index in [1.54, 1.807) is 4.57 Å². The summed E-state index contributed by atoms with van der Waals surface area (Å²) in [5, 5.41) is 0.0117. The molecule has 2 aliphatic rings. The van der Waals surface area contributed by atoms with Crippen LogP contribution in [0.15, 0.2) is 46.4 Å². The summed E-state index contributed by atoms with van der Waals surface area (Å²) in [6.45, 7) is 3.94. The van der Waals surface area contributed by atoms with Gasteiger partial charge < -0.3 is 18.7 Å². The van der Waals surface area contributed by atoms with E-state index in [9.17, 15) is 9.59 Å². The van der Waals surface area contributed by atoms with Gasteiger partial charge in [0.2, 0.25) is 11.1 Å². The number of ether oxygens (including phenoxy) is 1. The van der Waals surface area contributed by atoms with E-state index in [1.165, 1.54) is 18.1 Å². The van der Waals surface area contributed by atoms with Crippen LogP contribution in [0.3, 0.4) is 0 Å². The van der Waals surface area contributed by atoms with Gasteiger partial charge in [-0.1, -0.05) is 42.1 Å². The lowest BCUT2D eigenvalue weighted by atomic mass is 10.2. The first-order valence-electron chi connectivity index (χ1n) is 14.3. The Hall–Kier alpha value is -2.67. The fourth-order valence-corrected chi connectivity index (χ4v) is 6.93. The average molecular weight is 603 g/mol. The number of imidazole rings is 1. The van der Waals surface area contributed by atoms with Crippen molar-refractivity contribution in [3.05, 3.63) is 52.6 Å². The molecule has 2 aliphatic heterocycles. The van der Waals surface area contributed by atoms with Crippen LogP contribution in [0.25, 0.3) is 11.2 Å². The number of rotatable bonds is 10. The molecule has 2 saturated heterocycles. The van der Waals surface area contributed by atoms with Crippen LogP contribution in [-0.2, 0) is 13.8 Å². The standard InChI is InChI=1S/C27H36N7O5PS/c1-18-21(39-40(33-12-8-9-13-33)37-14-15-41-26(36)20-10-6-5-7-11-20)16-22(38-18)34-17-28-23-24(34)30-27(31-25(23)35)29-19(2)32(3)4/h5-7,10-11,17-18,21-22H,8-9,12-16H2,1-4H3,(H,30,31,35)/b29-19+/t18-,21?,22-,40?/m1/s1/i1D.